The second-order valence-electron chi connectivity index (χ2n) is 4.29. The molecule has 5 nitrogen and oxygen atoms in total. The van der Waals surface area contributed by atoms with Gasteiger partial charge < -0.3 is 9.63 Å². The zero-order valence-electron chi connectivity index (χ0n) is 10.3. The fourth-order valence-corrected chi connectivity index (χ4v) is 1.76. The van der Waals surface area contributed by atoms with Crippen molar-refractivity contribution in [3.05, 3.63) is 53.2 Å². The maximum atomic E-state index is 13.0. The van der Waals surface area contributed by atoms with Crippen LogP contribution in [0.3, 0.4) is 0 Å². The van der Waals surface area contributed by atoms with E-state index in [2.05, 4.69) is 5.16 Å². The third-order valence-electron chi connectivity index (χ3n) is 2.55. The molecule has 19 heavy (non-hydrogen) atoms. The Balaban J connectivity index is 1.97. The van der Waals surface area contributed by atoms with Crippen LogP contribution in [0.1, 0.15) is 21.8 Å². The summed E-state index contributed by atoms with van der Waals surface area (Å²) in [6.07, 6.45) is 0. The van der Waals surface area contributed by atoms with E-state index in [1.807, 2.05) is 18.0 Å². The monoisotopic (exact) mass is 264 g/mol. The summed E-state index contributed by atoms with van der Waals surface area (Å²) in [4.78, 5) is 12.5. The van der Waals surface area contributed by atoms with Crippen LogP contribution in [0.4, 0.5) is 4.39 Å². The number of aromatic nitrogens is 1. The molecule has 0 bridgehead atoms. The first kappa shape index (κ1) is 13.2. The van der Waals surface area contributed by atoms with E-state index in [4.69, 9.17) is 9.63 Å². The van der Waals surface area contributed by atoms with E-state index in [1.54, 1.807) is 6.07 Å². The summed E-state index contributed by atoms with van der Waals surface area (Å²) < 4.78 is 17.9. The van der Waals surface area contributed by atoms with Crippen molar-refractivity contribution in [2.75, 3.05) is 7.05 Å². The molecule has 0 saturated carbocycles. The molecule has 0 atom stereocenters. The van der Waals surface area contributed by atoms with E-state index in [9.17, 15) is 9.18 Å². The Morgan fingerprint density at radius 3 is 2.84 bits per heavy atom. The summed E-state index contributed by atoms with van der Waals surface area (Å²) in [5, 5.41) is 12.1. The van der Waals surface area contributed by atoms with Gasteiger partial charge in [-0.1, -0.05) is 17.3 Å². The van der Waals surface area contributed by atoms with E-state index in [-0.39, 0.29) is 11.5 Å². The number of aromatic carboxylic acids is 1. The zero-order valence-corrected chi connectivity index (χ0v) is 10.3. The van der Waals surface area contributed by atoms with Crippen LogP contribution < -0.4 is 0 Å². The Morgan fingerprint density at radius 1 is 1.42 bits per heavy atom. The van der Waals surface area contributed by atoms with Crippen LogP contribution in [-0.2, 0) is 13.1 Å². The number of carbonyl (C=O) groups is 1. The van der Waals surface area contributed by atoms with Crippen LogP contribution in [-0.4, -0.2) is 28.2 Å². The number of halogens is 1. The van der Waals surface area contributed by atoms with Crippen molar-refractivity contribution in [1.29, 1.82) is 0 Å². The number of rotatable bonds is 5. The maximum absolute atomic E-state index is 13.0. The molecule has 1 aromatic heterocycles. The van der Waals surface area contributed by atoms with Gasteiger partial charge in [-0.05, 0) is 24.7 Å². The van der Waals surface area contributed by atoms with Crippen molar-refractivity contribution in [2.45, 2.75) is 13.1 Å². The van der Waals surface area contributed by atoms with Crippen LogP contribution in [0.15, 0.2) is 34.9 Å². The first-order valence-corrected chi connectivity index (χ1v) is 5.66. The third-order valence-corrected chi connectivity index (χ3v) is 2.55. The Hall–Kier alpha value is -2.21. The average molecular weight is 264 g/mol. The van der Waals surface area contributed by atoms with E-state index >= 15 is 0 Å². The Labute approximate surface area is 109 Å². The van der Waals surface area contributed by atoms with Crippen molar-refractivity contribution in [1.82, 2.24) is 10.1 Å². The smallest absolute Gasteiger partial charge is 0.358 e. The van der Waals surface area contributed by atoms with E-state index in [0.29, 0.717) is 18.8 Å². The Morgan fingerprint density at radius 2 is 2.21 bits per heavy atom. The quantitative estimate of drug-likeness (QED) is 0.896. The van der Waals surface area contributed by atoms with Gasteiger partial charge in [0.1, 0.15) is 5.82 Å². The highest BCUT2D eigenvalue weighted by molar-refractivity contribution is 5.85. The number of carboxylic acid groups (broad SMARTS) is 1. The predicted molar refractivity (Wildman–Crippen MR) is 65.0 cm³/mol. The summed E-state index contributed by atoms with van der Waals surface area (Å²) in [5.41, 5.74) is 0.717. The van der Waals surface area contributed by atoms with Gasteiger partial charge in [0, 0.05) is 12.6 Å². The molecular weight excluding hydrogens is 251 g/mol. The molecule has 0 aliphatic heterocycles. The average Bonchev–Trinajstić information content (AvgIpc) is 2.77. The lowest BCUT2D eigenvalue weighted by Crippen LogP contribution is -2.16. The first-order chi connectivity index (χ1) is 9.04. The molecular formula is C13H13FN2O3. The van der Waals surface area contributed by atoms with Crippen molar-refractivity contribution in [2.24, 2.45) is 0 Å². The van der Waals surface area contributed by atoms with Gasteiger partial charge in [-0.3, -0.25) is 4.90 Å². The van der Waals surface area contributed by atoms with E-state index in [1.165, 1.54) is 18.2 Å². The fourth-order valence-electron chi connectivity index (χ4n) is 1.76. The number of hydrogen-bond acceptors (Lipinski definition) is 4. The molecule has 2 rings (SSSR count). The lowest BCUT2D eigenvalue weighted by Gasteiger charge is -2.14. The standard InChI is InChI=1S/C13H13FN2O3/c1-16(7-9-3-2-4-10(14)5-9)8-11-6-12(13(17)18)15-19-11/h2-6H,7-8H2,1H3,(H,17,18). The second kappa shape index (κ2) is 5.62. The minimum absolute atomic E-state index is 0.117. The van der Waals surface area contributed by atoms with Gasteiger partial charge in [-0.25, -0.2) is 9.18 Å². The molecule has 100 valence electrons. The molecule has 1 aromatic carbocycles. The van der Waals surface area contributed by atoms with Gasteiger partial charge in [0.15, 0.2) is 11.5 Å². The zero-order chi connectivity index (χ0) is 13.8. The molecule has 0 saturated heterocycles. The predicted octanol–water partition coefficient (Wildman–Crippen LogP) is 2.14. The molecule has 0 unspecified atom stereocenters. The van der Waals surface area contributed by atoms with E-state index < -0.39 is 5.97 Å². The van der Waals surface area contributed by atoms with Crippen LogP contribution in [0.25, 0.3) is 0 Å². The van der Waals surface area contributed by atoms with Crippen molar-refractivity contribution < 1.29 is 18.8 Å². The van der Waals surface area contributed by atoms with Crippen LogP contribution >= 0.6 is 0 Å². The van der Waals surface area contributed by atoms with Crippen molar-refractivity contribution in [3.8, 4) is 0 Å². The minimum atomic E-state index is -1.12. The number of benzene rings is 1. The molecule has 0 fully saturated rings. The fraction of sp³-hybridized carbons (Fsp3) is 0.231. The lowest BCUT2D eigenvalue weighted by molar-refractivity contribution is 0.0685. The molecule has 6 heteroatoms. The number of nitrogens with zero attached hydrogens (tertiary/aromatic N) is 2. The first-order valence-electron chi connectivity index (χ1n) is 5.66. The minimum Gasteiger partial charge on any atom is -0.476 e. The van der Waals surface area contributed by atoms with Gasteiger partial charge in [0.2, 0.25) is 0 Å². The highest BCUT2D eigenvalue weighted by Crippen LogP contribution is 2.10. The van der Waals surface area contributed by atoms with Crippen molar-refractivity contribution in [3.63, 3.8) is 0 Å². The van der Waals surface area contributed by atoms with Gasteiger partial charge >= 0.3 is 5.97 Å². The number of hydrogen-bond donors (Lipinski definition) is 1. The molecule has 0 aliphatic rings. The molecule has 1 heterocycles. The van der Waals surface area contributed by atoms with Gasteiger partial charge in [0.25, 0.3) is 0 Å². The van der Waals surface area contributed by atoms with E-state index in [0.717, 1.165) is 5.56 Å². The topological polar surface area (TPSA) is 66.6 Å². The van der Waals surface area contributed by atoms with Gasteiger partial charge in [-0.2, -0.15) is 0 Å². The maximum Gasteiger partial charge on any atom is 0.358 e. The molecule has 0 amide bonds. The lowest BCUT2D eigenvalue weighted by atomic mass is 10.2. The highest BCUT2D eigenvalue weighted by atomic mass is 19.1. The molecule has 2 aromatic rings. The number of carboxylic acids is 1. The molecule has 1 N–H and O–H groups in total. The Kier molecular flexibility index (Phi) is 3.91. The summed E-state index contributed by atoms with van der Waals surface area (Å²) in [6.45, 7) is 0.928. The van der Waals surface area contributed by atoms with Crippen LogP contribution in [0.2, 0.25) is 0 Å². The summed E-state index contributed by atoms with van der Waals surface area (Å²) >= 11 is 0. The summed E-state index contributed by atoms with van der Waals surface area (Å²) in [6, 6.07) is 7.70. The normalized spacial score (nSPS) is 10.9. The summed E-state index contributed by atoms with van der Waals surface area (Å²) in [7, 11) is 1.83. The molecule has 0 radical (unpaired) electrons. The Bertz CT molecular complexity index is 583. The molecule has 0 aliphatic carbocycles. The van der Waals surface area contributed by atoms with Gasteiger partial charge in [0.05, 0.1) is 6.54 Å². The SMILES string of the molecule is CN(Cc1cccc(F)c1)Cc1cc(C(=O)O)no1. The van der Waals surface area contributed by atoms with Crippen LogP contribution in [0.5, 0.6) is 0 Å². The van der Waals surface area contributed by atoms with Crippen molar-refractivity contribution >= 4 is 5.97 Å². The largest absolute Gasteiger partial charge is 0.476 e. The second-order valence-corrected chi connectivity index (χ2v) is 4.29. The van der Waals surface area contributed by atoms with Crippen LogP contribution in [0, 0.1) is 5.82 Å². The summed E-state index contributed by atoms with van der Waals surface area (Å²) in [5.74, 6) is -0.946. The van der Waals surface area contributed by atoms with Gasteiger partial charge in [-0.15, -0.1) is 0 Å². The molecule has 0 spiro atoms. The highest BCUT2D eigenvalue weighted by Gasteiger charge is 2.12. The third kappa shape index (κ3) is 3.62.